The SMILES string of the molecule is COc1ccc(-c2noc(C3CCC(=O)CC3)n2)cc1. The van der Waals surface area contributed by atoms with Crippen LogP contribution in [0, 0.1) is 0 Å². The molecular formula is C15H16N2O3. The van der Waals surface area contributed by atoms with Crippen LogP contribution in [0.15, 0.2) is 28.8 Å². The molecule has 0 aliphatic heterocycles. The van der Waals surface area contributed by atoms with Crippen molar-refractivity contribution < 1.29 is 14.1 Å². The molecule has 5 nitrogen and oxygen atoms in total. The molecule has 1 aliphatic carbocycles. The quantitative estimate of drug-likeness (QED) is 0.859. The van der Waals surface area contributed by atoms with Crippen LogP contribution in [0.2, 0.25) is 0 Å². The molecule has 0 saturated heterocycles. The summed E-state index contributed by atoms with van der Waals surface area (Å²) in [5.74, 6) is 2.56. The van der Waals surface area contributed by atoms with Crippen molar-refractivity contribution in [1.29, 1.82) is 0 Å². The van der Waals surface area contributed by atoms with Crippen LogP contribution in [0.3, 0.4) is 0 Å². The Bertz CT molecular complexity index is 594. The van der Waals surface area contributed by atoms with E-state index in [1.165, 1.54) is 0 Å². The maximum atomic E-state index is 11.2. The maximum Gasteiger partial charge on any atom is 0.230 e. The Kier molecular flexibility index (Phi) is 3.50. The molecule has 0 N–H and O–H groups in total. The van der Waals surface area contributed by atoms with Gasteiger partial charge in [0.1, 0.15) is 11.5 Å². The van der Waals surface area contributed by atoms with E-state index < -0.39 is 0 Å². The number of ketones is 1. The molecule has 0 bridgehead atoms. The molecule has 1 aromatic heterocycles. The largest absolute Gasteiger partial charge is 0.497 e. The summed E-state index contributed by atoms with van der Waals surface area (Å²) >= 11 is 0. The van der Waals surface area contributed by atoms with Crippen molar-refractivity contribution in [2.24, 2.45) is 0 Å². The van der Waals surface area contributed by atoms with Crippen LogP contribution in [-0.4, -0.2) is 23.0 Å². The second kappa shape index (κ2) is 5.45. The number of ether oxygens (including phenoxy) is 1. The Morgan fingerprint density at radius 2 is 1.90 bits per heavy atom. The number of benzene rings is 1. The number of carbonyl (C=O) groups is 1. The number of Topliss-reactive ketones (excluding diaryl/α,β-unsaturated/α-hetero) is 1. The first-order valence-corrected chi connectivity index (χ1v) is 6.76. The molecular weight excluding hydrogens is 256 g/mol. The lowest BCUT2D eigenvalue weighted by molar-refractivity contribution is -0.120. The fourth-order valence-electron chi connectivity index (χ4n) is 2.45. The van der Waals surface area contributed by atoms with Gasteiger partial charge in [-0.3, -0.25) is 4.79 Å². The van der Waals surface area contributed by atoms with E-state index in [4.69, 9.17) is 9.26 Å². The lowest BCUT2D eigenvalue weighted by Crippen LogP contribution is -2.12. The van der Waals surface area contributed by atoms with Crippen molar-refractivity contribution >= 4 is 5.78 Å². The Morgan fingerprint density at radius 1 is 1.20 bits per heavy atom. The average Bonchev–Trinajstić information content (AvgIpc) is 2.98. The first-order chi connectivity index (χ1) is 9.76. The average molecular weight is 272 g/mol. The maximum absolute atomic E-state index is 11.2. The first kappa shape index (κ1) is 12.8. The fourth-order valence-corrected chi connectivity index (χ4v) is 2.45. The molecule has 20 heavy (non-hydrogen) atoms. The van der Waals surface area contributed by atoms with Gasteiger partial charge < -0.3 is 9.26 Å². The van der Waals surface area contributed by atoms with Gasteiger partial charge in [-0.15, -0.1) is 0 Å². The van der Waals surface area contributed by atoms with Crippen LogP contribution in [-0.2, 0) is 4.79 Å². The molecule has 0 unspecified atom stereocenters. The van der Waals surface area contributed by atoms with Gasteiger partial charge in [-0.25, -0.2) is 0 Å². The topological polar surface area (TPSA) is 65.2 Å². The Hall–Kier alpha value is -2.17. The monoisotopic (exact) mass is 272 g/mol. The third-order valence-electron chi connectivity index (χ3n) is 3.68. The molecule has 1 fully saturated rings. The normalized spacial score (nSPS) is 16.4. The van der Waals surface area contributed by atoms with Crippen LogP contribution in [0.25, 0.3) is 11.4 Å². The van der Waals surface area contributed by atoms with Gasteiger partial charge in [0.2, 0.25) is 11.7 Å². The van der Waals surface area contributed by atoms with Gasteiger partial charge in [-0.2, -0.15) is 4.98 Å². The van der Waals surface area contributed by atoms with Gasteiger partial charge in [0.05, 0.1) is 7.11 Å². The Morgan fingerprint density at radius 3 is 2.55 bits per heavy atom. The van der Waals surface area contributed by atoms with Gasteiger partial charge in [0.25, 0.3) is 0 Å². The minimum Gasteiger partial charge on any atom is -0.497 e. The predicted octanol–water partition coefficient (Wildman–Crippen LogP) is 2.97. The van der Waals surface area contributed by atoms with E-state index in [2.05, 4.69) is 10.1 Å². The summed E-state index contributed by atoms with van der Waals surface area (Å²) in [5, 5.41) is 4.02. The van der Waals surface area contributed by atoms with Gasteiger partial charge in [0, 0.05) is 24.3 Å². The van der Waals surface area contributed by atoms with Gasteiger partial charge in [0.15, 0.2) is 0 Å². The molecule has 0 spiro atoms. The van der Waals surface area contributed by atoms with E-state index in [9.17, 15) is 4.79 Å². The smallest absolute Gasteiger partial charge is 0.230 e. The molecule has 5 heteroatoms. The summed E-state index contributed by atoms with van der Waals surface area (Å²) in [6, 6.07) is 7.53. The summed E-state index contributed by atoms with van der Waals surface area (Å²) in [6.45, 7) is 0. The van der Waals surface area contributed by atoms with E-state index in [1.54, 1.807) is 7.11 Å². The highest BCUT2D eigenvalue weighted by Gasteiger charge is 2.25. The molecule has 1 aromatic carbocycles. The van der Waals surface area contributed by atoms with E-state index in [1.807, 2.05) is 24.3 Å². The molecule has 1 heterocycles. The lowest BCUT2D eigenvalue weighted by atomic mass is 9.88. The summed E-state index contributed by atoms with van der Waals surface area (Å²) in [5.41, 5.74) is 0.896. The molecule has 1 saturated carbocycles. The number of hydrogen-bond acceptors (Lipinski definition) is 5. The Balaban J connectivity index is 1.77. The van der Waals surface area contributed by atoms with Crippen LogP contribution < -0.4 is 4.74 Å². The highest BCUT2D eigenvalue weighted by Crippen LogP contribution is 2.31. The van der Waals surface area contributed by atoms with Crippen molar-refractivity contribution in [3.8, 4) is 17.1 Å². The zero-order chi connectivity index (χ0) is 13.9. The van der Waals surface area contributed by atoms with Crippen LogP contribution in [0.1, 0.15) is 37.5 Å². The summed E-state index contributed by atoms with van der Waals surface area (Å²) < 4.78 is 10.5. The van der Waals surface area contributed by atoms with E-state index in [0.29, 0.717) is 30.3 Å². The second-order valence-corrected chi connectivity index (χ2v) is 5.00. The highest BCUT2D eigenvalue weighted by atomic mass is 16.5. The standard InChI is InChI=1S/C15H16N2O3/c1-19-13-8-4-10(5-9-13)14-16-15(20-17-14)11-2-6-12(18)7-3-11/h4-5,8-9,11H,2-3,6-7H2,1H3. The molecule has 0 amide bonds. The number of carbonyl (C=O) groups excluding carboxylic acids is 1. The van der Waals surface area contributed by atoms with E-state index in [0.717, 1.165) is 24.2 Å². The van der Waals surface area contributed by atoms with Gasteiger partial charge >= 0.3 is 0 Å². The molecule has 0 radical (unpaired) electrons. The van der Waals surface area contributed by atoms with E-state index >= 15 is 0 Å². The number of rotatable bonds is 3. The van der Waals surface area contributed by atoms with Gasteiger partial charge in [-0.1, -0.05) is 5.16 Å². The number of nitrogens with zero attached hydrogens (tertiary/aromatic N) is 2. The van der Waals surface area contributed by atoms with Crippen LogP contribution >= 0.6 is 0 Å². The number of hydrogen-bond donors (Lipinski definition) is 0. The lowest BCUT2D eigenvalue weighted by Gasteiger charge is -2.16. The first-order valence-electron chi connectivity index (χ1n) is 6.76. The third-order valence-corrected chi connectivity index (χ3v) is 3.68. The fraction of sp³-hybridized carbons (Fsp3) is 0.400. The molecule has 1 aliphatic rings. The minimum atomic E-state index is 0.215. The zero-order valence-corrected chi connectivity index (χ0v) is 11.3. The third kappa shape index (κ3) is 2.57. The zero-order valence-electron chi connectivity index (χ0n) is 11.3. The number of aromatic nitrogens is 2. The molecule has 3 rings (SSSR count). The summed E-state index contributed by atoms with van der Waals surface area (Å²) in [6.07, 6.45) is 2.85. The van der Waals surface area contributed by atoms with Crippen molar-refractivity contribution in [3.63, 3.8) is 0 Å². The van der Waals surface area contributed by atoms with Crippen LogP contribution in [0.5, 0.6) is 5.75 Å². The molecule has 104 valence electrons. The van der Waals surface area contributed by atoms with Crippen molar-refractivity contribution in [2.45, 2.75) is 31.6 Å². The van der Waals surface area contributed by atoms with Crippen molar-refractivity contribution in [3.05, 3.63) is 30.2 Å². The summed E-state index contributed by atoms with van der Waals surface area (Å²) in [7, 11) is 1.63. The number of methoxy groups -OCH3 is 1. The minimum absolute atomic E-state index is 0.215. The van der Waals surface area contributed by atoms with Gasteiger partial charge in [-0.05, 0) is 37.1 Å². The Labute approximate surface area is 116 Å². The predicted molar refractivity (Wildman–Crippen MR) is 72.5 cm³/mol. The summed E-state index contributed by atoms with van der Waals surface area (Å²) in [4.78, 5) is 15.7. The molecule has 0 atom stereocenters. The highest BCUT2D eigenvalue weighted by molar-refractivity contribution is 5.79. The van der Waals surface area contributed by atoms with Crippen molar-refractivity contribution in [1.82, 2.24) is 10.1 Å². The van der Waals surface area contributed by atoms with E-state index in [-0.39, 0.29) is 5.92 Å². The molecule has 2 aromatic rings. The van der Waals surface area contributed by atoms with Crippen molar-refractivity contribution in [2.75, 3.05) is 7.11 Å². The van der Waals surface area contributed by atoms with Crippen LogP contribution in [0.4, 0.5) is 0 Å². The second-order valence-electron chi connectivity index (χ2n) is 5.00.